The zero-order valence-electron chi connectivity index (χ0n) is 11.9. The Kier molecular flexibility index (Phi) is 3.54. The van der Waals surface area contributed by atoms with Gasteiger partial charge in [0, 0.05) is 20.1 Å². The van der Waals surface area contributed by atoms with Gasteiger partial charge in [-0.05, 0) is 18.6 Å². The number of anilines is 1. The lowest BCUT2D eigenvalue weighted by Gasteiger charge is -2.24. The molecule has 1 fully saturated rings. The molecule has 1 aliphatic heterocycles. The molecule has 0 unspecified atom stereocenters. The third-order valence-corrected chi connectivity index (χ3v) is 3.83. The summed E-state index contributed by atoms with van der Waals surface area (Å²) in [6, 6.07) is 6.00. The van der Waals surface area contributed by atoms with Crippen molar-refractivity contribution in [3.05, 3.63) is 35.5 Å². The van der Waals surface area contributed by atoms with Crippen LogP contribution < -0.4 is 4.90 Å². The van der Waals surface area contributed by atoms with Gasteiger partial charge in [0.15, 0.2) is 0 Å². The number of aryl methyl sites for hydroxylation is 1. The molecule has 108 valence electrons. The predicted octanol–water partition coefficient (Wildman–Crippen LogP) is 1.35. The highest BCUT2D eigenvalue weighted by atomic mass is 16.5. The summed E-state index contributed by atoms with van der Waals surface area (Å²) in [6.45, 7) is 2.59. The fourth-order valence-corrected chi connectivity index (χ4v) is 2.65. The van der Waals surface area contributed by atoms with Gasteiger partial charge in [-0.15, -0.1) is 0 Å². The van der Waals surface area contributed by atoms with Crippen molar-refractivity contribution in [2.45, 2.75) is 25.5 Å². The van der Waals surface area contributed by atoms with E-state index in [9.17, 15) is 0 Å². The summed E-state index contributed by atoms with van der Waals surface area (Å²) in [5, 5.41) is 16.0. The largest absolute Gasteiger partial charge is 0.380 e. The molecule has 2 atom stereocenters. The van der Waals surface area contributed by atoms with Crippen LogP contribution in [0.3, 0.4) is 0 Å². The van der Waals surface area contributed by atoms with Crippen LogP contribution in [0.5, 0.6) is 0 Å². The van der Waals surface area contributed by atoms with E-state index in [1.54, 1.807) is 7.11 Å². The van der Waals surface area contributed by atoms with E-state index in [1.165, 1.54) is 6.33 Å². The van der Waals surface area contributed by atoms with E-state index in [-0.39, 0.29) is 12.1 Å². The van der Waals surface area contributed by atoms with Gasteiger partial charge in [-0.25, -0.2) is 9.97 Å². The van der Waals surface area contributed by atoms with Gasteiger partial charge in [0.05, 0.1) is 12.1 Å². The summed E-state index contributed by atoms with van der Waals surface area (Å²) in [7, 11) is 1.70. The first-order chi connectivity index (χ1) is 10.2. The van der Waals surface area contributed by atoms with E-state index in [0.717, 1.165) is 23.6 Å². The van der Waals surface area contributed by atoms with Gasteiger partial charge in [-0.3, -0.25) is 5.10 Å². The Bertz CT molecular complexity index is 663. The zero-order chi connectivity index (χ0) is 14.8. The molecule has 1 aliphatic rings. The van der Waals surface area contributed by atoms with E-state index in [1.807, 2.05) is 19.1 Å². The minimum atomic E-state index is 0.0270. The molecule has 0 radical (unpaired) electrons. The number of H-pyrrole nitrogens is 1. The molecular formula is C14H16N6O. The monoisotopic (exact) mass is 284 g/mol. The lowest BCUT2D eigenvalue weighted by molar-refractivity contribution is 0.118. The van der Waals surface area contributed by atoms with Crippen molar-refractivity contribution in [1.29, 1.82) is 5.26 Å². The third-order valence-electron chi connectivity index (χ3n) is 3.83. The maximum Gasteiger partial charge on any atom is 0.147 e. The molecule has 0 saturated carbocycles. The van der Waals surface area contributed by atoms with Gasteiger partial charge in [-0.2, -0.15) is 10.4 Å². The molecule has 21 heavy (non-hydrogen) atoms. The summed E-state index contributed by atoms with van der Waals surface area (Å²) < 4.78 is 5.47. The van der Waals surface area contributed by atoms with Crippen molar-refractivity contribution in [1.82, 2.24) is 20.2 Å². The minimum Gasteiger partial charge on any atom is -0.380 e. The molecule has 0 aliphatic carbocycles. The normalized spacial score (nSPS) is 21.5. The van der Waals surface area contributed by atoms with E-state index in [2.05, 4.69) is 31.1 Å². The number of hydrogen-bond acceptors (Lipinski definition) is 6. The number of aromatic nitrogens is 4. The molecule has 0 bridgehead atoms. The first kappa shape index (κ1) is 13.5. The first-order valence-electron chi connectivity index (χ1n) is 6.75. The highest BCUT2D eigenvalue weighted by Crippen LogP contribution is 2.34. The van der Waals surface area contributed by atoms with Crippen LogP contribution in [-0.2, 0) is 4.74 Å². The number of nitriles is 1. The molecule has 1 N–H and O–H groups in total. The summed E-state index contributed by atoms with van der Waals surface area (Å²) in [6.07, 6.45) is 2.41. The second kappa shape index (κ2) is 5.50. The SMILES string of the molecule is CO[C@@H]1C[C@@H](c2ncn[nH]2)N(c2ccc(C)c(C#N)n2)C1. The van der Waals surface area contributed by atoms with Crippen LogP contribution in [0, 0.1) is 18.3 Å². The van der Waals surface area contributed by atoms with Gasteiger partial charge in [0.25, 0.3) is 0 Å². The van der Waals surface area contributed by atoms with Gasteiger partial charge in [-0.1, -0.05) is 6.07 Å². The maximum absolute atomic E-state index is 9.15. The molecule has 3 rings (SSSR count). The average molecular weight is 284 g/mol. The molecule has 2 aromatic rings. The summed E-state index contributed by atoms with van der Waals surface area (Å²) >= 11 is 0. The number of hydrogen-bond donors (Lipinski definition) is 1. The second-order valence-electron chi connectivity index (χ2n) is 5.08. The van der Waals surface area contributed by atoms with Crippen molar-refractivity contribution in [3.8, 4) is 6.07 Å². The first-order valence-corrected chi connectivity index (χ1v) is 6.75. The maximum atomic E-state index is 9.15. The fourth-order valence-electron chi connectivity index (χ4n) is 2.65. The Hall–Kier alpha value is -2.46. The second-order valence-corrected chi connectivity index (χ2v) is 5.08. The fraction of sp³-hybridized carbons (Fsp3) is 0.429. The Morgan fingerprint density at radius 3 is 3.00 bits per heavy atom. The number of nitrogens with zero attached hydrogens (tertiary/aromatic N) is 5. The topological polar surface area (TPSA) is 90.7 Å². The number of ether oxygens (including phenoxy) is 1. The molecule has 7 heteroatoms. The smallest absolute Gasteiger partial charge is 0.147 e. The van der Waals surface area contributed by atoms with Crippen LogP contribution >= 0.6 is 0 Å². The Labute approximate surface area is 122 Å². The molecule has 2 aromatic heterocycles. The minimum absolute atomic E-state index is 0.0270. The molecular weight excluding hydrogens is 268 g/mol. The zero-order valence-corrected chi connectivity index (χ0v) is 11.9. The standard InChI is InChI=1S/C14H16N6O/c1-9-3-4-13(18-11(9)6-15)20-7-10(21-2)5-12(20)14-16-8-17-19-14/h3-4,8,10,12H,5,7H2,1-2H3,(H,16,17,19)/t10-,12+/m1/s1. The van der Waals surface area contributed by atoms with Crippen molar-refractivity contribution in [3.63, 3.8) is 0 Å². The number of methoxy groups -OCH3 is 1. The molecule has 0 spiro atoms. The lowest BCUT2D eigenvalue weighted by atomic mass is 10.2. The molecule has 1 saturated heterocycles. The number of rotatable bonds is 3. The van der Waals surface area contributed by atoms with Crippen LogP contribution in [-0.4, -0.2) is 39.9 Å². The average Bonchev–Trinajstić information content (AvgIpc) is 3.16. The molecule has 3 heterocycles. The van der Waals surface area contributed by atoms with Crippen LogP contribution in [0.25, 0.3) is 0 Å². The Morgan fingerprint density at radius 1 is 1.48 bits per heavy atom. The summed E-state index contributed by atoms with van der Waals surface area (Å²) in [5.74, 6) is 1.55. The van der Waals surface area contributed by atoms with Gasteiger partial charge < -0.3 is 9.64 Å². The van der Waals surface area contributed by atoms with Crippen molar-refractivity contribution in [2.24, 2.45) is 0 Å². The van der Waals surface area contributed by atoms with E-state index < -0.39 is 0 Å². The Balaban J connectivity index is 1.97. The van der Waals surface area contributed by atoms with Crippen LogP contribution in [0.2, 0.25) is 0 Å². The lowest BCUT2D eigenvalue weighted by Crippen LogP contribution is -2.26. The highest BCUT2D eigenvalue weighted by Gasteiger charge is 2.36. The highest BCUT2D eigenvalue weighted by molar-refractivity contribution is 5.47. The van der Waals surface area contributed by atoms with Crippen LogP contribution in [0.1, 0.15) is 29.5 Å². The van der Waals surface area contributed by atoms with Gasteiger partial charge in [0.1, 0.15) is 29.7 Å². The quantitative estimate of drug-likeness (QED) is 0.914. The molecule has 7 nitrogen and oxygen atoms in total. The summed E-state index contributed by atoms with van der Waals surface area (Å²) in [4.78, 5) is 10.8. The third kappa shape index (κ3) is 2.45. The van der Waals surface area contributed by atoms with Crippen LogP contribution in [0.15, 0.2) is 18.5 Å². The predicted molar refractivity (Wildman–Crippen MR) is 75.6 cm³/mol. The number of nitrogens with one attached hydrogen (secondary N) is 1. The van der Waals surface area contributed by atoms with E-state index in [4.69, 9.17) is 10.00 Å². The van der Waals surface area contributed by atoms with E-state index in [0.29, 0.717) is 12.2 Å². The molecule has 0 aromatic carbocycles. The van der Waals surface area contributed by atoms with Gasteiger partial charge in [0.2, 0.25) is 0 Å². The van der Waals surface area contributed by atoms with Crippen molar-refractivity contribution >= 4 is 5.82 Å². The van der Waals surface area contributed by atoms with Gasteiger partial charge >= 0.3 is 0 Å². The number of pyridine rings is 1. The molecule has 0 amide bonds. The van der Waals surface area contributed by atoms with Crippen molar-refractivity contribution < 1.29 is 4.74 Å². The summed E-state index contributed by atoms with van der Waals surface area (Å²) in [5.41, 5.74) is 1.32. The van der Waals surface area contributed by atoms with E-state index >= 15 is 0 Å². The van der Waals surface area contributed by atoms with Crippen molar-refractivity contribution in [2.75, 3.05) is 18.6 Å². The number of aromatic amines is 1. The Morgan fingerprint density at radius 2 is 2.33 bits per heavy atom. The van der Waals surface area contributed by atoms with Crippen LogP contribution in [0.4, 0.5) is 5.82 Å².